The SMILES string of the molecule is CC(O)c1ccc(Sc2ncccn2)cn1. The van der Waals surface area contributed by atoms with Crippen LogP contribution in [0.2, 0.25) is 0 Å². The van der Waals surface area contributed by atoms with Gasteiger partial charge in [0.2, 0.25) is 0 Å². The topological polar surface area (TPSA) is 58.9 Å². The zero-order valence-corrected chi connectivity index (χ0v) is 9.56. The molecule has 0 aliphatic rings. The second-order valence-electron chi connectivity index (χ2n) is 3.23. The van der Waals surface area contributed by atoms with Crippen molar-refractivity contribution >= 4 is 11.8 Å². The fourth-order valence-corrected chi connectivity index (χ4v) is 1.82. The highest BCUT2D eigenvalue weighted by Crippen LogP contribution is 2.23. The molecule has 0 bridgehead atoms. The highest BCUT2D eigenvalue weighted by molar-refractivity contribution is 7.99. The summed E-state index contributed by atoms with van der Waals surface area (Å²) in [4.78, 5) is 13.3. The molecule has 0 amide bonds. The van der Waals surface area contributed by atoms with Gasteiger partial charge in [-0.1, -0.05) is 0 Å². The fourth-order valence-electron chi connectivity index (χ4n) is 1.14. The Morgan fingerprint density at radius 1 is 1.19 bits per heavy atom. The first-order valence-corrected chi connectivity index (χ1v) is 5.66. The molecule has 82 valence electrons. The maximum atomic E-state index is 9.31. The Labute approximate surface area is 97.8 Å². The minimum absolute atomic E-state index is 0.535. The van der Waals surface area contributed by atoms with Gasteiger partial charge in [-0.25, -0.2) is 9.97 Å². The van der Waals surface area contributed by atoms with E-state index in [0.29, 0.717) is 10.9 Å². The van der Waals surface area contributed by atoms with Gasteiger partial charge in [0.05, 0.1) is 11.8 Å². The van der Waals surface area contributed by atoms with E-state index in [2.05, 4.69) is 15.0 Å². The van der Waals surface area contributed by atoms with Gasteiger partial charge in [-0.3, -0.25) is 4.98 Å². The molecule has 0 spiro atoms. The maximum absolute atomic E-state index is 9.31. The quantitative estimate of drug-likeness (QED) is 0.822. The second-order valence-corrected chi connectivity index (χ2v) is 4.27. The van der Waals surface area contributed by atoms with E-state index in [9.17, 15) is 5.11 Å². The third-order valence-electron chi connectivity index (χ3n) is 1.94. The summed E-state index contributed by atoms with van der Waals surface area (Å²) in [6, 6.07) is 5.48. The molecule has 0 saturated heterocycles. The molecule has 2 aromatic rings. The van der Waals surface area contributed by atoms with Crippen LogP contribution in [0.3, 0.4) is 0 Å². The van der Waals surface area contributed by atoms with Gasteiger partial charge >= 0.3 is 0 Å². The van der Waals surface area contributed by atoms with Crippen LogP contribution in [0.25, 0.3) is 0 Å². The summed E-state index contributed by atoms with van der Waals surface area (Å²) < 4.78 is 0. The van der Waals surface area contributed by atoms with Gasteiger partial charge in [-0.15, -0.1) is 0 Å². The number of pyridine rings is 1. The van der Waals surface area contributed by atoms with E-state index in [1.807, 2.05) is 6.07 Å². The van der Waals surface area contributed by atoms with E-state index < -0.39 is 6.10 Å². The van der Waals surface area contributed by atoms with Crippen molar-refractivity contribution in [3.05, 3.63) is 42.5 Å². The molecule has 0 fully saturated rings. The number of hydrogen-bond acceptors (Lipinski definition) is 5. The van der Waals surface area contributed by atoms with Crippen LogP contribution in [0.15, 0.2) is 46.8 Å². The second kappa shape index (κ2) is 5.05. The van der Waals surface area contributed by atoms with E-state index >= 15 is 0 Å². The lowest BCUT2D eigenvalue weighted by molar-refractivity contribution is 0.194. The maximum Gasteiger partial charge on any atom is 0.192 e. The highest BCUT2D eigenvalue weighted by Gasteiger charge is 2.03. The molecule has 0 aliphatic carbocycles. The van der Waals surface area contributed by atoms with Gasteiger partial charge in [0.15, 0.2) is 5.16 Å². The summed E-state index contributed by atoms with van der Waals surface area (Å²) >= 11 is 1.44. The molecule has 0 saturated carbocycles. The van der Waals surface area contributed by atoms with Crippen molar-refractivity contribution in [2.45, 2.75) is 23.1 Å². The van der Waals surface area contributed by atoms with Gasteiger partial charge in [0, 0.05) is 23.5 Å². The van der Waals surface area contributed by atoms with Crippen molar-refractivity contribution in [2.75, 3.05) is 0 Å². The zero-order valence-electron chi connectivity index (χ0n) is 8.74. The number of aromatic nitrogens is 3. The number of nitrogens with zero attached hydrogens (tertiary/aromatic N) is 3. The van der Waals surface area contributed by atoms with Crippen LogP contribution < -0.4 is 0 Å². The van der Waals surface area contributed by atoms with Crippen LogP contribution >= 0.6 is 11.8 Å². The molecule has 1 atom stereocenters. The number of aliphatic hydroxyl groups excluding tert-OH is 1. The predicted molar refractivity (Wildman–Crippen MR) is 61.0 cm³/mol. The Hall–Kier alpha value is -1.46. The Bertz CT molecular complexity index is 445. The van der Waals surface area contributed by atoms with Gasteiger partial charge in [0.1, 0.15) is 0 Å². The number of hydrogen-bond donors (Lipinski definition) is 1. The minimum atomic E-state index is -0.535. The smallest absolute Gasteiger partial charge is 0.192 e. The largest absolute Gasteiger partial charge is 0.387 e. The lowest BCUT2D eigenvalue weighted by Crippen LogP contribution is -1.94. The standard InChI is InChI=1S/C11H11N3OS/c1-8(15)10-4-3-9(7-14-10)16-11-12-5-2-6-13-11/h2-8,15H,1H3. The van der Waals surface area contributed by atoms with Crippen molar-refractivity contribution in [2.24, 2.45) is 0 Å². The molecule has 0 radical (unpaired) electrons. The molecule has 1 N–H and O–H groups in total. The Balaban J connectivity index is 2.11. The normalized spacial score (nSPS) is 12.4. The summed E-state index contributed by atoms with van der Waals surface area (Å²) in [5.41, 5.74) is 0.665. The van der Waals surface area contributed by atoms with E-state index in [-0.39, 0.29) is 0 Å². The van der Waals surface area contributed by atoms with Crippen molar-refractivity contribution in [3.63, 3.8) is 0 Å². The molecule has 4 nitrogen and oxygen atoms in total. The Kier molecular flexibility index (Phi) is 3.48. The van der Waals surface area contributed by atoms with Crippen LogP contribution in [0.4, 0.5) is 0 Å². The van der Waals surface area contributed by atoms with E-state index in [0.717, 1.165) is 4.90 Å². The van der Waals surface area contributed by atoms with Crippen molar-refractivity contribution in [1.82, 2.24) is 15.0 Å². The van der Waals surface area contributed by atoms with E-state index in [1.165, 1.54) is 11.8 Å². The summed E-state index contributed by atoms with van der Waals surface area (Å²) in [5, 5.41) is 10.00. The first-order chi connectivity index (χ1) is 7.75. The zero-order chi connectivity index (χ0) is 11.4. The van der Waals surface area contributed by atoms with Gasteiger partial charge in [0.25, 0.3) is 0 Å². The first kappa shape index (κ1) is 11.0. The molecule has 2 rings (SSSR count). The highest BCUT2D eigenvalue weighted by atomic mass is 32.2. The third kappa shape index (κ3) is 2.77. The summed E-state index contributed by atoms with van der Waals surface area (Å²) in [7, 11) is 0. The monoisotopic (exact) mass is 233 g/mol. The predicted octanol–water partition coefficient (Wildman–Crippen LogP) is 2.08. The molecular formula is C11H11N3OS. The molecule has 2 aromatic heterocycles. The fraction of sp³-hybridized carbons (Fsp3) is 0.182. The van der Waals surface area contributed by atoms with E-state index in [4.69, 9.17) is 0 Å². The van der Waals surface area contributed by atoms with Crippen LogP contribution in [-0.4, -0.2) is 20.1 Å². The molecule has 1 unspecified atom stereocenters. The van der Waals surface area contributed by atoms with Crippen molar-refractivity contribution in [1.29, 1.82) is 0 Å². The lowest BCUT2D eigenvalue weighted by Gasteiger charge is -2.04. The summed E-state index contributed by atoms with van der Waals surface area (Å²) in [5.74, 6) is 0. The van der Waals surface area contributed by atoms with Crippen molar-refractivity contribution < 1.29 is 5.11 Å². The minimum Gasteiger partial charge on any atom is -0.387 e. The van der Waals surface area contributed by atoms with Crippen LogP contribution in [0.1, 0.15) is 18.7 Å². The van der Waals surface area contributed by atoms with Crippen molar-refractivity contribution in [3.8, 4) is 0 Å². The van der Waals surface area contributed by atoms with Crippen LogP contribution in [0, 0.1) is 0 Å². The molecule has 5 heteroatoms. The van der Waals surface area contributed by atoms with Gasteiger partial charge < -0.3 is 5.11 Å². The van der Waals surface area contributed by atoms with Crippen LogP contribution in [0.5, 0.6) is 0 Å². The van der Waals surface area contributed by atoms with Gasteiger partial charge in [-0.2, -0.15) is 0 Å². The van der Waals surface area contributed by atoms with E-state index in [1.54, 1.807) is 37.6 Å². The number of rotatable bonds is 3. The number of aliphatic hydroxyl groups is 1. The molecule has 2 heterocycles. The first-order valence-electron chi connectivity index (χ1n) is 4.84. The Morgan fingerprint density at radius 3 is 2.50 bits per heavy atom. The molecule has 16 heavy (non-hydrogen) atoms. The summed E-state index contributed by atoms with van der Waals surface area (Å²) in [6.07, 6.45) is 4.58. The average Bonchev–Trinajstić information content (AvgIpc) is 2.31. The van der Waals surface area contributed by atoms with Gasteiger partial charge in [-0.05, 0) is 36.9 Å². The molecule has 0 aliphatic heterocycles. The Morgan fingerprint density at radius 2 is 1.94 bits per heavy atom. The third-order valence-corrected chi connectivity index (χ3v) is 2.81. The van der Waals surface area contributed by atoms with Crippen LogP contribution in [-0.2, 0) is 0 Å². The average molecular weight is 233 g/mol. The lowest BCUT2D eigenvalue weighted by atomic mass is 10.2. The molecule has 0 aromatic carbocycles. The summed E-state index contributed by atoms with van der Waals surface area (Å²) in [6.45, 7) is 1.69. The molecular weight excluding hydrogens is 222 g/mol.